The highest BCUT2D eigenvalue weighted by atomic mass is 16.3. The quantitative estimate of drug-likeness (QED) is 0.767. The molecule has 0 aromatic carbocycles. The lowest BCUT2D eigenvalue weighted by molar-refractivity contribution is -0.714. The van der Waals surface area contributed by atoms with Crippen molar-refractivity contribution in [1.82, 2.24) is 4.57 Å². The first-order valence-corrected chi connectivity index (χ1v) is 12.5. The molecule has 0 spiro atoms. The van der Waals surface area contributed by atoms with E-state index in [4.69, 9.17) is 0 Å². The van der Waals surface area contributed by atoms with Crippen LogP contribution in [0.2, 0.25) is 0 Å². The summed E-state index contributed by atoms with van der Waals surface area (Å²) >= 11 is 0. The summed E-state index contributed by atoms with van der Waals surface area (Å²) in [5.41, 5.74) is -1.02. The van der Waals surface area contributed by atoms with Gasteiger partial charge in [0, 0.05) is 0 Å². The molecule has 8 aliphatic rings. The fraction of sp³-hybridized carbons (Fsp3) is 0.880. The molecular formula is C25H37N2O2+. The van der Waals surface area contributed by atoms with Gasteiger partial charge in [-0.05, 0) is 112 Å². The number of hydrogen-bond donors (Lipinski definition) is 2. The van der Waals surface area contributed by atoms with Crippen molar-refractivity contribution < 1.29 is 14.8 Å². The summed E-state index contributed by atoms with van der Waals surface area (Å²) in [6.45, 7) is 1.48. The molecule has 4 nitrogen and oxygen atoms in total. The van der Waals surface area contributed by atoms with Gasteiger partial charge in [-0.3, -0.25) is 0 Å². The van der Waals surface area contributed by atoms with Crippen LogP contribution in [0.25, 0.3) is 0 Å². The van der Waals surface area contributed by atoms with Crippen LogP contribution < -0.4 is 4.57 Å². The molecule has 4 heteroatoms. The zero-order valence-corrected chi connectivity index (χ0v) is 17.6. The maximum absolute atomic E-state index is 11.7. The Morgan fingerprint density at radius 2 is 1.14 bits per heavy atom. The minimum atomic E-state index is -0.510. The van der Waals surface area contributed by atoms with E-state index in [0.717, 1.165) is 36.8 Å². The summed E-state index contributed by atoms with van der Waals surface area (Å²) < 4.78 is 4.45. The van der Waals surface area contributed by atoms with Crippen LogP contribution in [-0.4, -0.2) is 26.0 Å². The van der Waals surface area contributed by atoms with Gasteiger partial charge in [-0.1, -0.05) is 0 Å². The van der Waals surface area contributed by atoms with Crippen LogP contribution in [0.4, 0.5) is 0 Å². The molecule has 0 saturated heterocycles. The van der Waals surface area contributed by atoms with Crippen LogP contribution in [0.1, 0.15) is 64.2 Å². The van der Waals surface area contributed by atoms with Gasteiger partial charge in [-0.25, -0.2) is 9.13 Å². The Kier molecular flexibility index (Phi) is 3.60. The summed E-state index contributed by atoms with van der Waals surface area (Å²) in [7, 11) is 0. The standard InChI is InChI=1S/C25H37N2O2/c28-24(20-5-16-3-17(7-20)8-21(24)6-16)13-26-1-2-27(15-26)14-25(29)22-9-18-4-19(11-22)12-23(25)10-18/h1-2,15-23,28-29H,3-14H2/q+1. The van der Waals surface area contributed by atoms with Gasteiger partial charge < -0.3 is 10.2 Å². The van der Waals surface area contributed by atoms with Crippen molar-refractivity contribution in [2.24, 2.45) is 47.3 Å². The van der Waals surface area contributed by atoms with Gasteiger partial charge >= 0.3 is 0 Å². The maximum Gasteiger partial charge on any atom is 0.243 e. The van der Waals surface area contributed by atoms with E-state index in [2.05, 4.69) is 27.9 Å². The largest absolute Gasteiger partial charge is 0.385 e. The van der Waals surface area contributed by atoms with E-state index in [1.54, 1.807) is 0 Å². The number of nitrogens with zero attached hydrogens (tertiary/aromatic N) is 2. The second-order valence-electron chi connectivity index (χ2n) is 12.3. The predicted molar refractivity (Wildman–Crippen MR) is 109 cm³/mol. The molecule has 9 rings (SSSR count). The minimum absolute atomic E-state index is 0.503. The summed E-state index contributed by atoms with van der Waals surface area (Å²) in [5, 5.41) is 23.4. The van der Waals surface area contributed by atoms with Crippen molar-refractivity contribution >= 4 is 0 Å². The highest BCUT2D eigenvalue weighted by molar-refractivity contribution is 5.07. The van der Waals surface area contributed by atoms with Gasteiger partial charge in [0.05, 0.1) is 0 Å². The van der Waals surface area contributed by atoms with E-state index in [9.17, 15) is 10.2 Å². The van der Waals surface area contributed by atoms with Gasteiger partial charge in [0.1, 0.15) is 36.7 Å². The Morgan fingerprint density at radius 1 is 0.690 bits per heavy atom. The molecule has 29 heavy (non-hydrogen) atoms. The predicted octanol–water partition coefficient (Wildman–Crippen LogP) is 3.15. The Morgan fingerprint density at radius 3 is 1.62 bits per heavy atom. The van der Waals surface area contributed by atoms with E-state index >= 15 is 0 Å². The van der Waals surface area contributed by atoms with Crippen LogP contribution in [0.15, 0.2) is 18.7 Å². The van der Waals surface area contributed by atoms with Crippen LogP contribution in [0.3, 0.4) is 0 Å². The lowest BCUT2D eigenvalue weighted by Crippen LogP contribution is -2.63. The number of rotatable bonds is 4. The van der Waals surface area contributed by atoms with Crippen molar-refractivity contribution in [3.8, 4) is 0 Å². The Bertz CT molecular complexity index is 693. The third-order valence-corrected chi connectivity index (χ3v) is 10.7. The number of aliphatic hydroxyl groups is 2. The Labute approximate surface area is 174 Å². The first-order chi connectivity index (χ1) is 14.0. The summed E-state index contributed by atoms with van der Waals surface area (Å²) in [6, 6.07) is 0. The highest BCUT2D eigenvalue weighted by Gasteiger charge is 2.59. The lowest BCUT2D eigenvalue weighted by atomic mass is 9.50. The molecule has 158 valence electrons. The average molecular weight is 398 g/mol. The Balaban J connectivity index is 1.10. The number of aromatic nitrogens is 2. The van der Waals surface area contributed by atoms with Crippen molar-refractivity contribution in [3.05, 3.63) is 18.7 Å². The van der Waals surface area contributed by atoms with Crippen LogP contribution >= 0.6 is 0 Å². The molecule has 1 heterocycles. The molecule has 8 bridgehead atoms. The third kappa shape index (κ3) is 2.54. The van der Waals surface area contributed by atoms with Gasteiger partial charge in [0.2, 0.25) is 6.33 Å². The molecule has 2 N–H and O–H groups in total. The summed E-state index contributed by atoms with van der Waals surface area (Å²) in [4.78, 5) is 0. The van der Waals surface area contributed by atoms with E-state index in [-0.39, 0.29) is 0 Å². The monoisotopic (exact) mass is 397 g/mol. The van der Waals surface area contributed by atoms with E-state index in [1.807, 2.05) is 0 Å². The molecule has 1 aromatic rings. The van der Waals surface area contributed by atoms with E-state index in [0.29, 0.717) is 23.7 Å². The molecular weight excluding hydrogens is 360 g/mol. The zero-order chi connectivity index (χ0) is 19.4. The van der Waals surface area contributed by atoms with Crippen LogP contribution in [0.5, 0.6) is 0 Å². The zero-order valence-electron chi connectivity index (χ0n) is 17.6. The summed E-state index contributed by atoms with van der Waals surface area (Å²) in [6.07, 6.45) is 19.3. The van der Waals surface area contributed by atoms with E-state index in [1.165, 1.54) is 64.2 Å². The normalized spacial score (nSPS) is 54.4. The summed E-state index contributed by atoms with van der Waals surface area (Å²) in [5.74, 6) is 5.56. The van der Waals surface area contributed by atoms with Crippen LogP contribution in [0, 0.1) is 47.3 Å². The molecule has 0 unspecified atom stereocenters. The van der Waals surface area contributed by atoms with Gasteiger partial charge in [-0.15, -0.1) is 0 Å². The molecule has 8 aliphatic carbocycles. The molecule has 0 amide bonds. The Hall–Kier alpha value is -0.870. The molecule has 0 atom stereocenters. The maximum atomic E-state index is 11.7. The molecule has 1 aromatic heterocycles. The third-order valence-electron chi connectivity index (χ3n) is 10.7. The van der Waals surface area contributed by atoms with Gasteiger partial charge in [0.25, 0.3) is 0 Å². The van der Waals surface area contributed by atoms with Crippen molar-refractivity contribution in [2.45, 2.75) is 88.5 Å². The van der Waals surface area contributed by atoms with E-state index < -0.39 is 11.2 Å². The highest BCUT2D eigenvalue weighted by Crippen LogP contribution is 2.59. The van der Waals surface area contributed by atoms with Crippen molar-refractivity contribution in [3.63, 3.8) is 0 Å². The van der Waals surface area contributed by atoms with Gasteiger partial charge in [-0.2, -0.15) is 0 Å². The smallest absolute Gasteiger partial charge is 0.243 e. The first-order valence-electron chi connectivity index (χ1n) is 12.5. The fourth-order valence-corrected chi connectivity index (χ4v) is 9.73. The minimum Gasteiger partial charge on any atom is -0.385 e. The number of imidazole rings is 1. The number of hydrogen-bond acceptors (Lipinski definition) is 2. The van der Waals surface area contributed by atoms with Gasteiger partial charge in [0.15, 0.2) is 0 Å². The lowest BCUT2D eigenvalue weighted by Gasteiger charge is -2.58. The fourth-order valence-electron chi connectivity index (χ4n) is 9.73. The molecule has 0 radical (unpaired) electrons. The molecule has 8 saturated carbocycles. The van der Waals surface area contributed by atoms with Crippen molar-refractivity contribution in [1.29, 1.82) is 0 Å². The second-order valence-corrected chi connectivity index (χ2v) is 12.3. The van der Waals surface area contributed by atoms with Crippen molar-refractivity contribution in [2.75, 3.05) is 0 Å². The topological polar surface area (TPSA) is 49.3 Å². The SMILES string of the molecule is OC1(Cn2cc[n+](CC3(O)C4CC5CC(C4)CC3C5)c2)C2CC3CC(C2)CC1C3. The molecule has 0 aliphatic heterocycles. The first kappa shape index (κ1) is 17.8. The molecule has 8 fully saturated rings. The average Bonchev–Trinajstić information content (AvgIpc) is 3.10. The van der Waals surface area contributed by atoms with Crippen LogP contribution in [-0.2, 0) is 13.1 Å². The second kappa shape index (κ2) is 5.88.